The minimum Gasteiger partial charge on any atom is -0.480 e. The van der Waals surface area contributed by atoms with Crippen LogP contribution in [0.1, 0.15) is 38.3 Å². The van der Waals surface area contributed by atoms with Gasteiger partial charge in [-0.25, -0.2) is 0 Å². The lowest BCUT2D eigenvalue weighted by atomic mass is 9.96. The van der Waals surface area contributed by atoms with Gasteiger partial charge in [0.2, 0.25) is 0 Å². The molecule has 6 nitrogen and oxygen atoms in total. The maximum absolute atomic E-state index is 11.5. The van der Waals surface area contributed by atoms with Gasteiger partial charge in [0.05, 0.1) is 4.92 Å². The summed E-state index contributed by atoms with van der Waals surface area (Å²) < 4.78 is 0. The fourth-order valence-corrected chi connectivity index (χ4v) is 2.91. The lowest BCUT2D eigenvalue weighted by molar-refractivity contribution is -0.385. The van der Waals surface area contributed by atoms with Crippen molar-refractivity contribution in [2.45, 2.75) is 38.3 Å². The molecule has 1 saturated heterocycles. The zero-order valence-electron chi connectivity index (χ0n) is 11.6. The summed E-state index contributed by atoms with van der Waals surface area (Å²) in [6.07, 6.45) is 1.42. The number of hydrogen-bond donors (Lipinski definition) is 1. The molecule has 0 radical (unpaired) electrons. The van der Waals surface area contributed by atoms with Crippen molar-refractivity contribution >= 4 is 11.7 Å². The van der Waals surface area contributed by atoms with Crippen molar-refractivity contribution in [2.24, 2.45) is 0 Å². The fraction of sp³-hybridized carbons (Fsp3) is 0.500. The number of likely N-dealkylation sites (tertiary alicyclic amines) is 1. The topological polar surface area (TPSA) is 83.7 Å². The molecule has 1 aromatic carbocycles. The predicted octanol–water partition coefficient (Wildman–Crippen LogP) is 2.59. The Hall–Kier alpha value is -1.95. The molecule has 2 unspecified atom stereocenters. The molecule has 6 heteroatoms. The van der Waals surface area contributed by atoms with Crippen LogP contribution in [0.15, 0.2) is 24.3 Å². The summed E-state index contributed by atoms with van der Waals surface area (Å²) in [5.41, 5.74) is -0.0940. The van der Waals surface area contributed by atoms with Crippen molar-refractivity contribution in [1.82, 2.24) is 4.90 Å². The molecule has 20 heavy (non-hydrogen) atoms. The summed E-state index contributed by atoms with van der Waals surface area (Å²) in [4.78, 5) is 23.8. The summed E-state index contributed by atoms with van der Waals surface area (Å²) in [6, 6.07) is 6.23. The zero-order valence-corrected chi connectivity index (χ0v) is 11.6. The van der Waals surface area contributed by atoms with Crippen LogP contribution >= 0.6 is 0 Å². The van der Waals surface area contributed by atoms with Gasteiger partial charge in [0, 0.05) is 18.2 Å². The van der Waals surface area contributed by atoms with Crippen LogP contribution in [0.4, 0.5) is 5.69 Å². The average molecular weight is 278 g/mol. The molecule has 0 saturated carbocycles. The van der Waals surface area contributed by atoms with Gasteiger partial charge < -0.3 is 5.11 Å². The fourth-order valence-electron chi connectivity index (χ4n) is 2.91. The van der Waals surface area contributed by atoms with Gasteiger partial charge >= 0.3 is 5.97 Å². The third-order valence-electron chi connectivity index (χ3n) is 4.19. The summed E-state index contributed by atoms with van der Waals surface area (Å²) in [5, 5.41) is 20.3. The molecular formula is C14H18N2O4. The lowest BCUT2D eigenvalue weighted by Gasteiger charge is -2.36. The SMILES string of the molecule is CC(c1cccc([N+](=O)[O-])c1)N1CCCC1(C)C(=O)O. The Balaban J connectivity index is 2.31. The Labute approximate surface area is 117 Å². The summed E-state index contributed by atoms with van der Waals surface area (Å²) in [5.74, 6) is -0.840. The zero-order chi connectivity index (χ0) is 14.9. The van der Waals surface area contributed by atoms with E-state index in [0.717, 1.165) is 12.0 Å². The Kier molecular flexibility index (Phi) is 3.76. The van der Waals surface area contributed by atoms with E-state index in [1.807, 2.05) is 11.8 Å². The van der Waals surface area contributed by atoms with Crippen LogP contribution in [-0.2, 0) is 4.79 Å². The standard InChI is InChI=1S/C14H18N2O4/c1-10(11-5-3-6-12(9-11)16(19)20)15-8-4-7-14(15,2)13(17)18/h3,5-6,9-10H,4,7-8H2,1-2H3,(H,17,18). The molecule has 1 fully saturated rings. The summed E-state index contributed by atoms with van der Waals surface area (Å²) in [6.45, 7) is 4.30. The molecule has 2 atom stereocenters. The average Bonchev–Trinajstić information content (AvgIpc) is 2.81. The molecule has 0 aliphatic carbocycles. The molecule has 1 aliphatic heterocycles. The van der Waals surface area contributed by atoms with Gasteiger partial charge in [-0.1, -0.05) is 12.1 Å². The molecule has 108 valence electrons. The third kappa shape index (κ3) is 2.38. The monoisotopic (exact) mass is 278 g/mol. The van der Waals surface area contributed by atoms with Crippen LogP contribution in [0.5, 0.6) is 0 Å². The number of carboxylic acid groups (broad SMARTS) is 1. The van der Waals surface area contributed by atoms with E-state index in [1.165, 1.54) is 12.1 Å². The van der Waals surface area contributed by atoms with Crippen molar-refractivity contribution in [3.05, 3.63) is 39.9 Å². The molecule has 1 aromatic rings. The number of rotatable bonds is 4. The number of carbonyl (C=O) groups is 1. The first-order chi connectivity index (χ1) is 9.36. The van der Waals surface area contributed by atoms with Crippen LogP contribution in [0.25, 0.3) is 0 Å². The summed E-state index contributed by atoms with van der Waals surface area (Å²) >= 11 is 0. The Bertz CT molecular complexity index is 546. The van der Waals surface area contributed by atoms with E-state index in [-0.39, 0.29) is 11.7 Å². The van der Waals surface area contributed by atoms with Crippen molar-refractivity contribution in [3.8, 4) is 0 Å². The van der Waals surface area contributed by atoms with Crippen molar-refractivity contribution in [1.29, 1.82) is 0 Å². The smallest absolute Gasteiger partial charge is 0.323 e. The second-order valence-corrected chi connectivity index (χ2v) is 5.40. The molecule has 2 rings (SSSR count). The van der Waals surface area contributed by atoms with E-state index < -0.39 is 16.4 Å². The highest BCUT2D eigenvalue weighted by Crippen LogP contribution is 2.37. The molecule has 0 aromatic heterocycles. The summed E-state index contributed by atoms with van der Waals surface area (Å²) in [7, 11) is 0. The lowest BCUT2D eigenvalue weighted by Crippen LogP contribution is -2.48. The number of non-ortho nitro benzene ring substituents is 1. The van der Waals surface area contributed by atoms with E-state index in [9.17, 15) is 20.0 Å². The maximum Gasteiger partial charge on any atom is 0.323 e. The van der Waals surface area contributed by atoms with Gasteiger partial charge in [0.15, 0.2) is 0 Å². The van der Waals surface area contributed by atoms with Crippen molar-refractivity contribution in [2.75, 3.05) is 6.54 Å². The first-order valence-electron chi connectivity index (χ1n) is 6.61. The minimum atomic E-state index is -0.899. The number of aliphatic carboxylic acids is 1. The van der Waals surface area contributed by atoms with E-state index in [4.69, 9.17) is 0 Å². The van der Waals surface area contributed by atoms with Gasteiger partial charge in [0.25, 0.3) is 5.69 Å². The number of nitrogens with zero attached hydrogens (tertiary/aromatic N) is 2. The third-order valence-corrected chi connectivity index (χ3v) is 4.19. The first kappa shape index (κ1) is 14.5. The van der Waals surface area contributed by atoms with Gasteiger partial charge in [-0.2, -0.15) is 0 Å². The highest BCUT2D eigenvalue weighted by Gasteiger charge is 2.45. The minimum absolute atomic E-state index is 0.0329. The molecule has 1 heterocycles. The van der Waals surface area contributed by atoms with E-state index >= 15 is 0 Å². The highest BCUT2D eigenvalue weighted by atomic mass is 16.6. The van der Waals surface area contributed by atoms with E-state index in [0.29, 0.717) is 13.0 Å². The second-order valence-electron chi connectivity index (χ2n) is 5.40. The van der Waals surface area contributed by atoms with Crippen molar-refractivity contribution in [3.63, 3.8) is 0 Å². The van der Waals surface area contributed by atoms with Gasteiger partial charge in [-0.15, -0.1) is 0 Å². The number of benzene rings is 1. The maximum atomic E-state index is 11.5. The second kappa shape index (κ2) is 5.20. The number of nitro benzene ring substituents is 1. The molecule has 0 bridgehead atoms. The number of nitro groups is 1. The Morgan fingerprint density at radius 2 is 2.25 bits per heavy atom. The van der Waals surface area contributed by atoms with E-state index in [2.05, 4.69) is 0 Å². The molecule has 1 N–H and O–H groups in total. The van der Waals surface area contributed by atoms with Gasteiger partial charge in [-0.3, -0.25) is 19.8 Å². The molecular weight excluding hydrogens is 260 g/mol. The van der Waals surface area contributed by atoms with Crippen LogP contribution in [-0.4, -0.2) is 33.0 Å². The molecule has 0 spiro atoms. The van der Waals surface area contributed by atoms with Crippen LogP contribution in [0, 0.1) is 10.1 Å². The van der Waals surface area contributed by atoms with E-state index in [1.54, 1.807) is 19.1 Å². The predicted molar refractivity (Wildman–Crippen MR) is 73.5 cm³/mol. The van der Waals surface area contributed by atoms with Crippen LogP contribution in [0.3, 0.4) is 0 Å². The van der Waals surface area contributed by atoms with Crippen LogP contribution < -0.4 is 0 Å². The highest BCUT2D eigenvalue weighted by molar-refractivity contribution is 5.78. The number of carboxylic acids is 1. The number of hydrogen-bond acceptors (Lipinski definition) is 4. The molecule has 1 aliphatic rings. The van der Waals surface area contributed by atoms with Gasteiger partial charge in [-0.05, 0) is 38.8 Å². The quantitative estimate of drug-likeness (QED) is 0.676. The molecule has 0 amide bonds. The van der Waals surface area contributed by atoms with Crippen LogP contribution in [0.2, 0.25) is 0 Å². The normalized spacial score (nSPS) is 24.5. The Morgan fingerprint density at radius 1 is 1.55 bits per heavy atom. The largest absolute Gasteiger partial charge is 0.480 e. The van der Waals surface area contributed by atoms with Gasteiger partial charge in [0.1, 0.15) is 5.54 Å². The Morgan fingerprint density at radius 3 is 2.85 bits per heavy atom. The van der Waals surface area contributed by atoms with Crippen molar-refractivity contribution < 1.29 is 14.8 Å². The first-order valence-corrected chi connectivity index (χ1v) is 6.61.